The highest BCUT2D eigenvalue weighted by Gasteiger charge is 2.11. The van der Waals surface area contributed by atoms with Gasteiger partial charge in [-0.2, -0.15) is 0 Å². The van der Waals surface area contributed by atoms with Gasteiger partial charge in [-0.05, 0) is 44.9 Å². The number of hydrogen-bond acceptors (Lipinski definition) is 6. The maximum Gasteiger partial charge on any atom is 0.305 e. The topological polar surface area (TPSA) is 93.1 Å². The fourth-order valence-corrected chi connectivity index (χ4v) is 3.74. The second kappa shape index (κ2) is 28.8. The number of carbonyl (C=O) groups is 2. The molecule has 0 aliphatic rings. The van der Waals surface area contributed by atoms with Gasteiger partial charge in [0.05, 0.1) is 6.10 Å². The van der Waals surface area contributed by atoms with Crippen LogP contribution in [-0.2, 0) is 19.1 Å². The van der Waals surface area contributed by atoms with E-state index in [1.54, 1.807) is 6.08 Å². The molecule has 6 nitrogen and oxygen atoms in total. The first-order valence-electron chi connectivity index (χ1n) is 15.3. The van der Waals surface area contributed by atoms with Crippen LogP contribution in [-0.4, -0.2) is 47.6 Å². The molecule has 0 bridgehead atoms. The molecule has 0 fully saturated rings. The van der Waals surface area contributed by atoms with Gasteiger partial charge in [0.2, 0.25) is 0 Å². The van der Waals surface area contributed by atoms with Gasteiger partial charge in [-0.1, -0.05) is 114 Å². The van der Waals surface area contributed by atoms with Crippen molar-refractivity contribution >= 4 is 11.9 Å². The molecule has 2 atom stereocenters. The summed E-state index contributed by atoms with van der Waals surface area (Å²) in [6, 6.07) is 0. The minimum absolute atomic E-state index is 0.150. The molecule has 0 aromatic carbocycles. The molecule has 39 heavy (non-hydrogen) atoms. The highest BCUT2D eigenvalue weighted by atomic mass is 16.6. The maximum absolute atomic E-state index is 11.8. The van der Waals surface area contributed by atoms with Crippen LogP contribution in [0, 0.1) is 0 Å². The van der Waals surface area contributed by atoms with Gasteiger partial charge in [0.15, 0.2) is 0 Å². The highest BCUT2D eigenvalue weighted by molar-refractivity contribution is 5.69. The van der Waals surface area contributed by atoms with Gasteiger partial charge in [-0.15, -0.1) is 0 Å². The van der Waals surface area contributed by atoms with Crippen LogP contribution in [0.4, 0.5) is 0 Å². The van der Waals surface area contributed by atoms with Gasteiger partial charge in [0.1, 0.15) is 19.3 Å². The standard InChI is InChI=1S/C33H56O6/c1-3-5-7-9-12-16-20-24-30(34)25-21-17-14-11-15-19-23-27-33(37)39-29-31(35)28-38-32(36)26-22-18-13-10-8-6-4-2/h11-12,15-17,20-21,24,30-31,34-35H,3-10,13-14,18-19,22-23,25-29H2,1-2H3/b15-11+,16-12-,21-17-,24-20-/t30-,31+/m1/s1. The third kappa shape index (κ3) is 28.6. The zero-order valence-electron chi connectivity index (χ0n) is 24.7. The summed E-state index contributed by atoms with van der Waals surface area (Å²) >= 11 is 0. The minimum Gasteiger partial charge on any atom is -0.463 e. The number of aliphatic hydroxyl groups is 2. The van der Waals surface area contributed by atoms with E-state index in [9.17, 15) is 19.8 Å². The molecule has 0 unspecified atom stereocenters. The van der Waals surface area contributed by atoms with E-state index >= 15 is 0 Å². The Labute approximate surface area is 238 Å². The van der Waals surface area contributed by atoms with Gasteiger partial charge in [0.25, 0.3) is 0 Å². The van der Waals surface area contributed by atoms with E-state index in [2.05, 4.69) is 19.9 Å². The molecule has 0 aliphatic heterocycles. The Morgan fingerprint density at radius 1 is 0.641 bits per heavy atom. The number of hydrogen-bond donors (Lipinski definition) is 2. The fraction of sp³-hybridized carbons (Fsp3) is 0.697. The summed E-state index contributed by atoms with van der Waals surface area (Å²) in [6.45, 7) is 4.07. The Kier molecular flexibility index (Phi) is 27.2. The molecule has 2 N–H and O–H groups in total. The molecule has 0 saturated heterocycles. The summed E-state index contributed by atoms with van der Waals surface area (Å²) in [5.41, 5.74) is 0. The Bertz CT molecular complexity index is 694. The lowest BCUT2D eigenvalue weighted by Crippen LogP contribution is -2.25. The first-order chi connectivity index (χ1) is 19.0. The van der Waals surface area contributed by atoms with E-state index in [4.69, 9.17) is 9.47 Å². The third-order valence-electron chi connectivity index (χ3n) is 6.15. The molecule has 6 heteroatoms. The number of ether oxygens (including phenoxy) is 2. The molecule has 0 heterocycles. The molecule has 224 valence electrons. The molecule has 0 radical (unpaired) electrons. The van der Waals surface area contributed by atoms with Crippen molar-refractivity contribution in [2.75, 3.05) is 13.2 Å². The average molecular weight is 549 g/mol. The normalized spacial score (nSPS) is 13.6. The number of carbonyl (C=O) groups excluding carboxylic acids is 2. The Balaban J connectivity index is 3.69. The highest BCUT2D eigenvalue weighted by Crippen LogP contribution is 2.09. The predicted octanol–water partition coefficient (Wildman–Crippen LogP) is 7.69. The Hall–Kier alpha value is -2.18. The predicted molar refractivity (Wildman–Crippen MR) is 160 cm³/mol. The second-order valence-corrected chi connectivity index (χ2v) is 10.1. The number of unbranched alkanes of at least 4 members (excludes halogenated alkanes) is 10. The monoisotopic (exact) mass is 548 g/mol. The molecular formula is C33H56O6. The lowest BCUT2D eigenvalue weighted by molar-refractivity contribution is -0.152. The van der Waals surface area contributed by atoms with E-state index in [1.165, 1.54) is 44.9 Å². The van der Waals surface area contributed by atoms with E-state index in [1.807, 2.05) is 36.5 Å². The smallest absolute Gasteiger partial charge is 0.305 e. The molecular weight excluding hydrogens is 492 g/mol. The van der Waals surface area contributed by atoms with Crippen LogP contribution in [0.15, 0.2) is 48.6 Å². The molecule has 0 aliphatic carbocycles. The van der Waals surface area contributed by atoms with Crippen molar-refractivity contribution in [2.24, 2.45) is 0 Å². The zero-order chi connectivity index (χ0) is 28.8. The molecule has 0 aromatic rings. The largest absolute Gasteiger partial charge is 0.463 e. The molecule has 0 spiro atoms. The third-order valence-corrected chi connectivity index (χ3v) is 6.15. The number of rotatable bonds is 26. The fourth-order valence-electron chi connectivity index (χ4n) is 3.74. The van der Waals surface area contributed by atoms with Crippen LogP contribution >= 0.6 is 0 Å². The lowest BCUT2D eigenvalue weighted by Gasteiger charge is -2.12. The second-order valence-electron chi connectivity index (χ2n) is 10.1. The van der Waals surface area contributed by atoms with Crippen LogP contribution in [0.3, 0.4) is 0 Å². The van der Waals surface area contributed by atoms with Crippen molar-refractivity contribution in [2.45, 2.75) is 135 Å². The van der Waals surface area contributed by atoms with Crippen molar-refractivity contribution in [3.05, 3.63) is 48.6 Å². The summed E-state index contributed by atoms with van der Waals surface area (Å²) in [7, 11) is 0. The van der Waals surface area contributed by atoms with Gasteiger partial charge < -0.3 is 19.7 Å². The Morgan fingerprint density at radius 3 is 1.90 bits per heavy atom. The van der Waals surface area contributed by atoms with Crippen LogP contribution < -0.4 is 0 Å². The summed E-state index contributed by atoms with van der Waals surface area (Å²) in [4.78, 5) is 23.6. The lowest BCUT2D eigenvalue weighted by atomic mass is 10.1. The van der Waals surface area contributed by atoms with Crippen LogP contribution in [0.2, 0.25) is 0 Å². The van der Waals surface area contributed by atoms with Crippen molar-refractivity contribution < 1.29 is 29.3 Å². The van der Waals surface area contributed by atoms with Crippen LogP contribution in [0.5, 0.6) is 0 Å². The van der Waals surface area contributed by atoms with E-state index in [-0.39, 0.29) is 31.6 Å². The summed E-state index contributed by atoms with van der Waals surface area (Å²) in [5, 5.41) is 19.8. The Morgan fingerprint density at radius 2 is 1.21 bits per heavy atom. The van der Waals surface area contributed by atoms with E-state index in [0.29, 0.717) is 19.3 Å². The quantitative estimate of drug-likeness (QED) is 0.0498. The first kappa shape index (κ1) is 36.8. The molecule has 0 amide bonds. The van der Waals surface area contributed by atoms with Gasteiger partial charge in [0, 0.05) is 12.8 Å². The SMILES string of the molecule is CCCCC/C=C\C=C/[C@@H](O)C/C=C\C/C=C/CCCC(=O)OC[C@@H](O)COC(=O)CCCCCCCCC. The van der Waals surface area contributed by atoms with Gasteiger partial charge >= 0.3 is 11.9 Å². The first-order valence-corrected chi connectivity index (χ1v) is 15.3. The van der Waals surface area contributed by atoms with E-state index < -0.39 is 12.2 Å². The summed E-state index contributed by atoms with van der Waals surface area (Å²) < 4.78 is 10.1. The summed E-state index contributed by atoms with van der Waals surface area (Å²) in [6.07, 6.45) is 30.6. The number of allylic oxidation sites excluding steroid dienone is 6. The van der Waals surface area contributed by atoms with E-state index in [0.717, 1.165) is 38.5 Å². The van der Waals surface area contributed by atoms with Crippen molar-refractivity contribution in [1.29, 1.82) is 0 Å². The van der Waals surface area contributed by atoms with Crippen LogP contribution in [0.1, 0.15) is 123 Å². The zero-order valence-corrected chi connectivity index (χ0v) is 24.7. The molecule has 0 rings (SSSR count). The number of aliphatic hydroxyl groups excluding tert-OH is 2. The van der Waals surface area contributed by atoms with Gasteiger partial charge in [-0.3, -0.25) is 9.59 Å². The minimum atomic E-state index is -1.00. The maximum atomic E-state index is 11.8. The van der Waals surface area contributed by atoms with Crippen LogP contribution in [0.25, 0.3) is 0 Å². The number of esters is 2. The van der Waals surface area contributed by atoms with Crippen molar-refractivity contribution in [3.63, 3.8) is 0 Å². The van der Waals surface area contributed by atoms with Crippen molar-refractivity contribution in [3.8, 4) is 0 Å². The molecule has 0 saturated carbocycles. The summed E-state index contributed by atoms with van der Waals surface area (Å²) in [5.74, 6) is -0.681. The van der Waals surface area contributed by atoms with Gasteiger partial charge in [-0.25, -0.2) is 0 Å². The van der Waals surface area contributed by atoms with Crippen molar-refractivity contribution in [1.82, 2.24) is 0 Å². The molecule has 0 aromatic heterocycles. The average Bonchev–Trinajstić information content (AvgIpc) is 2.93.